The smallest absolute Gasteiger partial charge is 0.315 e. The molecule has 0 saturated heterocycles. The van der Waals surface area contributed by atoms with Gasteiger partial charge >= 0.3 is 6.03 Å². The van der Waals surface area contributed by atoms with Crippen molar-refractivity contribution in [2.75, 3.05) is 18.4 Å². The van der Waals surface area contributed by atoms with Gasteiger partial charge in [-0.15, -0.1) is 0 Å². The van der Waals surface area contributed by atoms with Crippen LogP contribution in [0.5, 0.6) is 0 Å². The van der Waals surface area contributed by atoms with Gasteiger partial charge in [0.1, 0.15) is 23.5 Å². The molecule has 0 bridgehead atoms. The van der Waals surface area contributed by atoms with Crippen LogP contribution >= 0.6 is 0 Å². The molecule has 0 aliphatic rings. The summed E-state index contributed by atoms with van der Waals surface area (Å²) in [7, 11) is 0. The second kappa shape index (κ2) is 9.32. The standard InChI is InChI=1S/C18H19F2N5O/c1-12(10-14-15(19)5-2-6-16(14)20)25-18(26)24-9-8-23-17-13(11-21)4-3-7-22-17/h2-7,12H,8-10H2,1H3,(H,22,23)(H2,24,25,26). The van der Waals surface area contributed by atoms with Crippen LogP contribution in [0.25, 0.3) is 0 Å². The molecule has 0 spiro atoms. The van der Waals surface area contributed by atoms with Gasteiger partial charge in [0.05, 0.1) is 5.56 Å². The Balaban J connectivity index is 1.74. The fourth-order valence-corrected chi connectivity index (χ4v) is 2.35. The zero-order chi connectivity index (χ0) is 18.9. The molecule has 1 aromatic heterocycles. The molecule has 3 N–H and O–H groups in total. The maximum absolute atomic E-state index is 13.6. The Labute approximate surface area is 150 Å². The van der Waals surface area contributed by atoms with E-state index >= 15 is 0 Å². The molecule has 2 amide bonds. The summed E-state index contributed by atoms with van der Waals surface area (Å²) in [6.07, 6.45) is 1.61. The molecular weight excluding hydrogens is 340 g/mol. The number of anilines is 1. The number of nitrogens with zero attached hydrogens (tertiary/aromatic N) is 2. The van der Waals surface area contributed by atoms with Crippen molar-refractivity contribution in [3.8, 4) is 6.07 Å². The summed E-state index contributed by atoms with van der Waals surface area (Å²) in [5, 5.41) is 17.2. The van der Waals surface area contributed by atoms with E-state index in [4.69, 9.17) is 5.26 Å². The number of aromatic nitrogens is 1. The number of pyridine rings is 1. The molecule has 0 radical (unpaired) electrons. The summed E-state index contributed by atoms with van der Waals surface area (Å²) in [6.45, 7) is 2.32. The summed E-state index contributed by atoms with van der Waals surface area (Å²) in [5.74, 6) is -0.820. The van der Waals surface area contributed by atoms with E-state index in [-0.39, 0.29) is 18.5 Å². The average molecular weight is 359 g/mol. The van der Waals surface area contributed by atoms with E-state index in [1.54, 1.807) is 25.3 Å². The number of hydrogen-bond acceptors (Lipinski definition) is 4. The number of benzene rings is 1. The van der Waals surface area contributed by atoms with Gasteiger partial charge in [0, 0.05) is 30.9 Å². The topological polar surface area (TPSA) is 89.8 Å². The van der Waals surface area contributed by atoms with Crippen molar-refractivity contribution in [1.82, 2.24) is 15.6 Å². The minimum atomic E-state index is -0.632. The van der Waals surface area contributed by atoms with Crippen LogP contribution in [0.2, 0.25) is 0 Å². The van der Waals surface area contributed by atoms with Gasteiger partial charge in [0.2, 0.25) is 0 Å². The number of nitrogens with one attached hydrogen (secondary N) is 3. The molecule has 26 heavy (non-hydrogen) atoms. The number of halogens is 2. The van der Waals surface area contributed by atoms with E-state index in [2.05, 4.69) is 20.9 Å². The summed E-state index contributed by atoms with van der Waals surface area (Å²) in [6, 6.07) is 8.09. The van der Waals surface area contributed by atoms with Crippen LogP contribution in [0.1, 0.15) is 18.1 Å². The van der Waals surface area contributed by atoms with Gasteiger partial charge < -0.3 is 16.0 Å². The van der Waals surface area contributed by atoms with Crippen molar-refractivity contribution in [1.29, 1.82) is 5.26 Å². The highest BCUT2D eigenvalue weighted by Crippen LogP contribution is 2.14. The van der Waals surface area contributed by atoms with Crippen LogP contribution in [-0.2, 0) is 6.42 Å². The minimum Gasteiger partial charge on any atom is -0.367 e. The zero-order valence-corrected chi connectivity index (χ0v) is 14.2. The van der Waals surface area contributed by atoms with Crippen molar-refractivity contribution in [3.63, 3.8) is 0 Å². The highest BCUT2D eigenvalue weighted by Gasteiger charge is 2.14. The molecule has 2 rings (SSSR count). The zero-order valence-electron chi connectivity index (χ0n) is 14.2. The van der Waals surface area contributed by atoms with Gasteiger partial charge in [-0.3, -0.25) is 0 Å². The third-order valence-electron chi connectivity index (χ3n) is 3.58. The number of hydrogen-bond donors (Lipinski definition) is 3. The molecule has 1 aromatic carbocycles. The first-order valence-electron chi connectivity index (χ1n) is 8.07. The van der Waals surface area contributed by atoms with Crippen LogP contribution in [-0.4, -0.2) is 30.1 Å². The lowest BCUT2D eigenvalue weighted by Gasteiger charge is -2.16. The molecule has 8 heteroatoms. The van der Waals surface area contributed by atoms with Crippen LogP contribution in [0.3, 0.4) is 0 Å². The molecule has 1 unspecified atom stereocenters. The lowest BCUT2D eigenvalue weighted by molar-refractivity contribution is 0.238. The van der Waals surface area contributed by atoms with Crippen LogP contribution in [0.4, 0.5) is 19.4 Å². The number of nitriles is 1. The fourth-order valence-electron chi connectivity index (χ4n) is 2.35. The monoisotopic (exact) mass is 359 g/mol. The number of carbonyl (C=O) groups is 1. The van der Waals surface area contributed by atoms with Gasteiger partial charge in [-0.1, -0.05) is 6.07 Å². The first kappa shape index (κ1) is 19.1. The number of carbonyl (C=O) groups excluding carboxylic acids is 1. The lowest BCUT2D eigenvalue weighted by Crippen LogP contribution is -2.43. The van der Waals surface area contributed by atoms with Crippen LogP contribution in [0, 0.1) is 23.0 Å². The van der Waals surface area contributed by atoms with E-state index in [1.807, 2.05) is 6.07 Å². The van der Waals surface area contributed by atoms with E-state index in [0.29, 0.717) is 17.9 Å². The van der Waals surface area contributed by atoms with Gasteiger partial charge in [-0.2, -0.15) is 5.26 Å². The van der Waals surface area contributed by atoms with Crippen molar-refractivity contribution < 1.29 is 13.6 Å². The highest BCUT2D eigenvalue weighted by atomic mass is 19.1. The molecule has 2 aromatic rings. The summed E-state index contributed by atoms with van der Waals surface area (Å²) >= 11 is 0. The second-order valence-corrected chi connectivity index (χ2v) is 5.64. The molecular formula is C18H19F2N5O. The highest BCUT2D eigenvalue weighted by molar-refractivity contribution is 5.74. The Morgan fingerprint density at radius 3 is 2.65 bits per heavy atom. The quantitative estimate of drug-likeness (QED) is 0.663. The largest absolute Gasteiger partial charge is 0.367 e. The number of urea groups is 1. The SMILES string of the molecule is CC(Cc1c(F)cccc1F)NC(=O)NCCNc1ncccc1C#N. The third kappa shape index (κ3) is 5.41. The van der Waals surface area contributed by atoms with Crippen molar-refractivity contribution in [2.24, 2.45) is 0 Å². The predicted octanol–water partition coefficient (Wildman–Crippen LogP) is 2.57. The van der Waals surface area contributed by atoms with E-state index in [1.165, 1.54) is 18.2 Å². The Bertz CT molecular complexity index is 786. The number of amides is 2. The van der Waals surface area contributed by atoms with E-state index < -0.39 is 23.7 Å². The summed E-state index contributed by atoms with van der Waals surface area (Å²) in [4.78, 5) is 15.9. The second-order valence-electron chi connectivity index (χ2n) is 5.64. The van der Waals surface area contributed by atoms with Gasteiger partial charge in [-0.05, 0) is 37.6 Å². The van der Waals surface area contributed by atoms with Crippen LogP contribution in [0.15, 0.2) is 36.5 Å². The maximum atomic E-state index is 13.6. The molecule has 0 aliphatic heterocycles. The van der Waals surface area contributed by atoms with Gasteiger partial charge in [-0.25, -0.2) is 18.6 Å². The Morgan fingerprint density at radius 2 is 1.96 bits per heavy atom. The molecule has 0 saturated carbocycles. The average Bonchev–Trinajstić information content (AvgIpc) is 2.62. The normalized spacial score (nSPS) is 11.3. The molecule has 1 heterocycles. The minimum absolute atomic E-state index is 0.0453. The predicted molar refractivity (Wildman–Crippen MR) is 93.5 cm³/mol. The molecule has 6 nitrogen and oxygen atoms in total. The van der Waals surface area contributed by atoms with Gasteiger partial charge in [0.15, 0.2) is 0 Å². The van der Waals surface area contributed by atoms with Crippen molar-refractivity contribution in [3.05, 3.63) is 59.3 Å². The molecule has 0 aliphatic carbocycles. The first-order chi connectivity index (χ1) is 12.5. The first-order valence-corrected chi connectivity index (χ1v) is 8.07. The van der Waals surface area contributed by atoms with Gasteiger partial charge in [0.25, 0.3) is 0 Å². The lowest BCUT2D eigenvalue weighted by atomic mass is 10.1. The third-order valence-corrected chi connectivity index (χ3v) is 3.58. The Morgan fingerprint density at radius 1 is 1.23 bits per heavy atom. The molecule has 136 valence electrons. The van der Waals surface area contributed by atoms with E-state index in [9.17, 15) is 13.6 Å². The Hall–Kier alpha value is -3.21. The van der Waals surface area contributed by atoms with E-state index in [0.717, 1.165) is 0 Å². The fraction of sp³-hybridized carbons (Fsp3) is 0.278. The maximum Gasteiger partial charge on any atom is 0.315 e. The van der Waals surface area contributed by atoms with Crippen LogP contribution < -0.4 is 16.0 Å². The summed E-state index contributed by atoms with van der Waals surface area (Å²) in [5.41, 5.74) is 0.360. The number of rotatable bonds is 7. The van der Waals surface area contributed by atoms with Crippen molar-refractivity contribution >= 4 is 11.8 Å². The summed E-state index contributed by atoms with van der Waals surface area (Å²) < 4.78 is 27.2. The van der Waals surface area contributed by atoms with Crippen molar-refractivity contribution in [2.45, 2.75) is 19.4 Å². The molecule has 1 atom stereocenters. The Kier molecular flexibility index (Phi) is 6.85. The molecule has 0 fully saturated rings.